The van der Waals surface area contributed by atoms with Gasteiger partial charge in [0.05, 0.1) is 4.90 Å². The molecule has 0 spiro atoms. The van der Waals surface area contributed by atoms with Crippen LogP contribution in [0.5, 0.6) is 11.5 Å². The monoisotopic (exact) mass is 418 g/mol. The number of hydrogen-bond donors (Lipinski definition) is 2. The number of carbonyl (C=O) groups is 1. The van der Waals surface area contributed by atoms with Crippen LogP contribution in [-0.4, -0.2) is 33.6 Å². The first kappa shape index (κ1) is 21.1. The first-order chi connectivity index (χ1) is 13.7. The van der Waals surface area contributed by atoms with Gasteiger partial charge in [0.25, 0.3) is 0 Å². The third-order valence-electron chi connectivity index (χ3n) is 4.54. The van der Waals surface area contributed by atoms with Crippen molar-refractivity contribution in [3.8, 4) is 11.5 Å². The Bertz CT molecular complexity index is 997. The van der Waals surface area contributed by atoms with Crippen LogP contribution in [0.2, 0.25) is 0 Å². The summed E-state index contributed by atoms with van der Waals surface area (Å²) in [6.45, 7) is 8.23. The van der Waals surface area contributed by atoms with Crippen LogP contribution in [0.3, 0.4) is 0 Å². The lowest BCUT2D eigenvalue weighted by Gasteiger charge is -2.23. The summed E-state index contributed by atoms with van der Waals surface area (Å²) in [4.78, 5) is 12.9. The second kappa shape index (κ2) is 8.42. The minimum Gasteiger partial charge on any atom is -0.486 e. The fourth-order valence-electron chi connectivity index (χ4n) is 3.19. The molecule has 2 aromatic rings. The van der Waals surface area contributed by atoms with Crippen molar-refractivity contribution in [3.63, 3.8) is 0 Å². The summed E-state index contributed by atoms with van der Waals surface area (Å²) in [5.74, 6) is 0.210. The summed E-state index contributed by atoms with van der Waals surface area (Å²) in [6.07, 6.45) is 0. The largest absolute Gasteiger partial charge is 0.486 e. The topological polar surface area (TPSA) is 93.7 Å². The van der Waals surface area contributed by atoms with Crippen molar-refractivity contribution in [2.45, 2.75) is 38.6 Å². The van der Waals surface area contributed by atoms with E-state index in [0.717, 1.165) is 11.1 Å². The number of ether oxygens (including phenoxy) is 2. The van der Waals surface area contributed by atoms with E-state index in [-0.39, 0.29) is 10.8 Å². The van der Waals surface area contributed by atoms with Gasteiger partial charge in [0, 0.05) is 11.8 Å². The SMILES string of the molecule is Cc1cc(C)cc(NC(=O)[C@@H](NS(=O)(=O)c2ccc3c(c2)OCCO3)C(C)C)c1. The average Bonchev–Trinajstić information content (AvgIpc) is 2.64. The molecule has 1 amide bonds. The Labute approximate surface area is 171 Å². The van der Waals surface area contributed by atoms with Crippen molar-refractivity contribution in [1.82, 2.24) is 4.72 Å². The highest BCUT2D eigenvalue weighted by molar-refractivity contribution is 7.89. The minimum absolute atomic E-state index is 0.0200. The van der Waals surface area contributed by atoms with Gasteiger partial charge in [-0.1, -0.05) is 19.9 Å². The molecule has 29 heavy (non-hydrogen) atoms. The zero-order valence-electron chi connectivity index (χ0n) is 17.0. The molecule has 0 aliphatic carbocycles. The quantitative estimate of drug-likeness (QED) is 0.752. The number of sulfonamides is 1. The zero-order chi connectivity index (χ0) is 21.2. The van der Waals surface area contributed by atoms with Crippen molar-refractivity contribution in [3.05, 3.63) is 47.5 Å². The smallest absolute Gasteiger partial charge is 0.242 e. The Hall–Kier alpha value is -2.58. The molecule has 0 unspecified atom stereocenters. The molecule has 0 bridgehead atoms. The standard InChI is InChI=1S/C21H26N2O5S/c1-13(2)20(21(24)22-16-10-14(3)9-15(4)11-16)23-29(25,26)17-5-6-18-19(12-17)28-8-7-27-18/h5-6,9-13,20,23H,7-8H2,1-4H3,(H,22,24)/t20-/m0/s1. The summed E-state index contributed by atoms with van der Waals surface area (Å²) >= 11 is 0. The predicted molar refractivity (Wildman–Crippen MR) is 111 cm³/mol. The van der Waals surface area contributed by atoms with E-state index < -0.39 is 22.0 Å². The lowest BCUT2D eigenvalue weighted by molar-refractivity contribution is -0.118. The number of benzene rings is 2. The van der Waals surface area contributed by atoms with E-state index in [1.807, 2.05) is 32.0 Å². The van der Waals surface area contributed by atoms with E-state index in [1.54, 1.807) is 19.9 Å². The molecule has 1 atom stereocenters. The fourth-order valence-corrected chi connectivity index (χ4v) is 4.54. The lowest BCUT2D eigenvalue weighted by atomic mass is 10.0. The van der Waals surface area contributed by atoms with Gasteiger partial charge in [0.15, 0.2) is 11.5 Å². The third kappa shape index (κ3) is 5.07. The Morgan fingerprint density at radius 1 is 0.966 bits per heavy atom. The summed E-state index contributed by atoms with van der Waals surface area (Å²) in [5.41, 5.74) is 2.66. The maximum Gasteiger partial charge on any atom is 0.242 e. The van der Waals surface area contributed by atoms with Crippen molar-refractivity contribution >= 4 is 21.6 Å². The van der Waals surface area contributed by atoms with E-state index >= 15 is 0 Å². The van der Waals surface area contributed by atoms with Crippen molar-refractivity contribution in [2.75, 3.05) is 18.5 Å². The van der Waals surface area contributed by atoms with Gasteiger partial charge in [-0.2, -0.15) is 4.72 Å². The molecular formula is C21H26N2O5S. The summed E-state index contributed by atoms with van der Waals surface area (Å²) in [6, 6.07) is 9.16. The number of amides is 1. The van der Waals surface area contributed by atoms with Gasteiger partial charge in [-0.3, -0.25) is 4.79 Å². The van der Waals surface area contributed by atoms with E-state index in [2.05, 4.69) is 10.0 Å². The number of nitrogens with one attached hydrogen (secondary N) is 2. The van der Waals surface area contributed by atoms with Gasteiger partial charge in [-0.25, -0.2) is 8.42 Å². The van der Waals surface area contributed by atoms with E-state index in [4.69, 9.17) is 9.47 Å². The predicted octanol–water partition coefficient (Wildman–Crippen LogP) is 3.02. The highest BCUT2D eigenvalue weighted by Crippen LogP contribution is 2.32. The molecule has 2 N–H and O–H groups in total. The van der Waals surface area contributed by atoms with E-state index in [9.17, 15) is 13.2 Å². The van der Waals surface area contributed by atoms with Crippen LogP contribution in [-0.2, 0) is 14.8 Å². The van der Waals surface area contributed by atoms with Crippen molar-refractivity contribution in [2.24, 2.45) is 5.92 Å². The van der Waals surface area contributed by atoms with Gasteiger partial charge in [0.1, 0.15) is 19.3 Å². The average molecular weight is 419 g/mol. The molecule has 8 heteroatoms. The maximum absolute atomic E-state index is 12.9. The maximum atomic E-state index is 12.9. The molecule has 0 saturated heterocycles. The van der Waals surface area contributed by atoms with E-state index in [1.165, 1.54) is 12.1 Å². The molecule has 0 saturated carbocycles. The number of carbonyl (C=O) groups excluding carboxylic acids is 1. The lowest BCUT2D eigenvalue weighted by Crippen LogP contribution is -2.47. The second-order valence-corrected chi connectivity index (χ2v) is 9.23. The number of rotatable bonds is 6. The molecule has 0 aromatic heterocycles. The zero-order valence-corrected chi connectivity index (χ0v) is 17.8. The molecule has 7 nitrogen and oxygen atoms in total. The van der Waals surface area contributed by atoms with Gasteiger partial charge >= 0.3 is 0 Å². The molecule has 0 fully saturated rings. The van der Waals surface area contributed by atoms with Crippen LogP contribution in [0, 0.1) is 19.8 Å². The van der Waals surface area contributed by atoms with Crippen molar-refractivity contribution in [1.29, 1.82) is 0 Å². The first-order valence-electron chi connectivity index (χ1n) is 9.47. The summed E-state index contributed by atoms with van der Waals surface area (Å²) in [5, 5.41) is 2.82. The molecule has 2 aromatic carbocycles. The van der Waals surface area contributed by atoms with Crippen LogP contribution in [0.15, 0.2) is 41.3 Å². The number of hydrogen-bond acceptors (Lipinski definition) is 5. The van der Waals surface area contributed by atoms with Crippen LogP contribution in [0.4, 0.5) is 5.69 Å². The van der Waals surface area contributed by atoms with Crippen LogP contribution < -0.4 is 19.5 Å². The minimum atomic E-state index is -3.94. The van der Waals surface area contributed by atoms with Crippen LogP contribution in [0.1, 0.15) is 25.0 Å². The molecule has 156 valence electrons. The third-order valence-corrected chi connectivity index (χ3v) is 5.98. The number of anilines is 1. The van der Waals surface area contributed by atoms with Crippen molar-refractivity contribution < 1.29 is 22.7 Å². The van der Waals surface area contributed by atoms with Gasteiger partial charge < -0.3 is 14.8 Å². The Balaban J connectivity index is 1.81. The molecule has 0 radical (unpaired) electrons. The first-order valence-corrected chi connectivity index (χ1v) is 10.9. The Morgan fingerprint density at radius 3 is 2.21 bits per heavy atom. The molecule has 1 aliphatic heterocycles. The molecule has 1 heterocycles. The Morgan fingerprint density at radius 2 is 1.59 bits per heavy atom. The number of fused-ring (bicyclic) bond motifs is 1. The van der Waals surface area contributed by atoms with Gasteiger partial charge in [0.2, 0.25) is 15.9 Å². The molecule has 3 rings (SSSR count). The highest BCUT2D eigenvalue weighted by Gasteiger charge is 2.29. The number of aryl methyl sites for hydroxylation is 2. The summed E-state index contributed by atoms with van der Waals surface area (Å²) < 4.78 is 39.2. The van der Waals surface area contributed by atoms with Crippen LogP contribution in [0.25, 0.3) is 0 Å². The fraction of sp³-hybridized carbons (Fsp3) is 0.381. The van der Waals surface area contributed by atoms with Gasteiger partial charge in [-0.15, -0.1) is 0 Å². The Kier molecular flexibility index (Phi) is 6.14. The molecule has 1 aliphatic rings. The highest BCUT2D eigenvalue weighted by atomic mass is 32.2. The van der Waals surface area contributed by atoms with E-state index in [0.29, 0.717) is 30.4 Å². The van der Waals surface area contributed by atoms with Crippen LogP contribution >= 0.6 is 0 Å². The normalized spacial score (nSPS) is 14.5. The summed E-state index contributed by atoms with van der Waals surface area (Å²) in [7, 11) is -3.94. The molecular weight excluding hydrogens is 392 g/mol. The van der Waals surface area contributed by atoms with Gasteiger partial charge in [-0.05, 0) is 55.2 Å². The second-order valence-electron chi connectivity index (χ2n) is 7.51.